The van der Waals surface area contributed by atoms with Gasteiger partial charge >= 0.3 is 0 Å². The SMILES string of the molecule is O=C1Nc2cnc3ccccc3c2NCC12CCOCC2. The molecule has 1 saturated heterocycles. The maximum absolute atomic E-state index is 12.7. The van der Waals surface area contributed by atoms with Crippen LogP contribution in [0.2, 0.25) is 0 Å². The number of benzene rings is 1. The van der Waals surface area contributed by atoms with Gasteiger partial charge in [0.15, 0.2) is 0 Å². The summed E-state index contributed by atoms with van der Waals surface area (Å²) < 4.78 is 5.41. The normalized spacial score (nSPS) is 20.5. The van der Waals surface area contributed by atoms with Crippen molar-refractivity contribution in [2.24, 2.45) is 5.41 Å². The lowest BCUT2D eigenvalue weighted by atomic mass is 9.79. The van der Waals surface area contributed by atoms with E-state index in [1.807, 2.05) is 24.3 Å². The molecule has 0 bridgehead atoms. The van der Waals surface area contributed by atoms with Crippen LogP contribution in [0.1, 0.15) is 12.8 Å². The number of nitrogens with one attached hydrogen (secondary N) is 2. The molecule has 4 rings (SSSR count). The lowest BCUT2D eigenvalue weighted by molar-refractivity contribution is -0.129. The van der Waals surface area contributed by atoms with Gasteiger partial charge < -0.3 is 15.4 Å². The molecule has 0 saturated carbocycles. The van der Waals surface area contributed by atoms with Crippen molar-refractivity contribution in [3.8, 4) is 0 Å². The predicted molar refractivity (Wildman–Crippen MR) is 81.3 cm³/mol. The Morgan fingerprint density at radius 3 is 2.86 bits per heavy atom. The molecule has 1 aromatic heterocycles. The van der Waals surface area contributed by atoms with Crippen molar-refractivity contribution in [2.75, 3.05) is 30.4 Å². The van der Waals surface area contributed by atoms with Gasteiger partial charge in [-0.15, -0.1) is 0 Å². The number of carbonyl (C=O) groups is 1. The first-order valence-corrected chi connectivity index (χ1v) is 7.29. The fraction of sp³-hybridized carbons (Fsp3) is 0.375. The third-order valence-electron chi connectivity index (χ3n) is 4.56. The molecule has 2 aliphatic heterocycles. The first-order chi connectivity index (χ1) is 10.3. The molecule has 0 unspecified atom stereocenters. The molecule has 2 aromatic rings. The molecule has 1 aromatic carbocycles. The largest absolute Gasteiger partial charge is 0.382 e. The van der Waals surface area contributed by atoms with E-state index >= 15 is 0 Å². The number of carbonyl (C=O) groups excluding carboxylic acids is 1. The maximum atomic E-state index is 12.7. The smallest absolute Gasteiger partial charge is 0.232 e. The molecule has 3 heterocycles. The van der Waals surface area contributed by atoms with E-state index in [2.05, 4.69) is 15.6 Å². The van der Waals surface area contributed by atoms with Gasteiger partial charge in [0.2, 0.25) is 5.91 Å². The Hall–Kier alpha value is -2.14. The Morgan fingerprint density at radius 2 is 2.00 bits per heavy atom. The van der Waals surface area contributed by atoms with E-state index in [1.165, 1.54) is 0 Å². The molecule has 5 heteroatoms. The highest BCUT2D eigenvalue weighted by Crippen LogP contribution is 2.39. The minimum absolute atomic E-state index is 0.0779. The van der Waals surface area contributed by atoms with Crippen LogP contribution < -0.4 is 10.6 Å². The summed E-state index contributed by atoms with van der Waals surface area (Å²) in [6, 6.07) is 7.97. The average Bonchev–Trinajstić information content (AvgIpc) is 2.66. The molecule has 21 heavy (non-hydrogen) atoms. The van der Waals surface area contributed by atoms with Gasteiger partial charge in [-0.3, -0.25) is 9.78 Å². The first kappa shape index (κ1) is 12.6. The maximum Gasteiger partial charge on any atom is 0.232 e. The Labute approximate surface area is 122 Å². The van der Waals surface area contributed by atoms with Gasteiger partial charge in [-0.1, -0.05) is 18.2 Å². The van der Waals surface area contributed by atoms with E-state index in [0.29, 0.717) is 19.8 Å². The van der Waals surface area contributed by atoms with Crippen LogP contribution in [0.15, 0.2) is 30.5 Å². The highest BCUT2D eigenvalue weighted by molar-refractivity contribution is 6.06. The summed E-state index contributed by atoms with van der Waals surface area (Å²) in [5, 5.41) is 7.58. The van der Waals surface area contributed by atoms with Crippen LogP contribution in [0.25, 0.3) is 10.9 Å². The molecule has 5 nitrogen and oxygen atoms in total. The summed E-state index contributed by atoms with van der Waals surface area (Å²) in [5.74, 6) is 0.0779. The van der Waals surface area contributed by atoms with Crippen LogP contribution in [-0.2, 0) is 9.53 Å². The third kappa shape index (κ3) is 1.96. The number of ether oxygens (including phenoxy) is 1. The number of nitrogens with zero attached hydrogens (tertiary/aromatic N) is 1. The number of aromatic nitrogens is 1. The number of hydrogen-bond acceptors (Lipinski definition) is 4. The van der Waals surface area contributed by atoms with Crippen LogP contribution in [-0.4, -0.2) is 30.6 Å². The zero-order valence-corrected chi connectivity index (χ0v) is 11.7. The standard InChI is InChI=1S/C16H17N3O2/c20-15-16(5-7-21-8-6-16)10-18-14-11-3-1-2-4-12(11)17-9-13(14)19-15/h1-4,9,18H,5-8,10H2,(H,19,20). The Morgan fingerprint density at radius 1 is 1.19 bits per heavy atom. The van der Waals surface area contributed by atoms with Crippen molar-refractivity contribution in [1.82, 2.24) is 4.98 Å². The number of para-hydroxylation sites is 1. The van der Waals surface area contributed by atoms with Gasteiger partial charge in [-0.05, 0) is 18.9 Å². The van der Waals surface area contributed by atoms with Crippen LogP contribution in [0.3, 0.4) is 0 Å². The first-order valence-electron chi connectivity index (χ1n) is 7.29. The average molecular weight is 283 g/mol. The number of rotatable bonds is 0. The van der Waals surface area contributed by atoms with E-state index in [-0.39, 0.29) is 11.3 Å². The summed E-state index contributed by atoms with van der Waals surface area (Å²) in [7, 11) is 0. The number of hydrogen-bond donors (Lipinski definition) is 2. The molecule has 0 aliphatic carbocycles. The van der Waals surface area contributed by atoms with Gasteiger partial charge in [0, 0.05) is 25.1 Å². The Bertz CT molecular complexity index is 708. The van der Waals surface area contributed by atoms with Crippen LogP contribution >= 0.6 is 0 Å². The molecular weight excluding hydrogens is 266 g/mol. The van der Waals surface area contributed by atoms with E-state index in [9.17, 15) is 4.79 Å². The van der Waals surface area contributed by atoms with Crippen LogP contribution in [0, 0.1) is 5.41 Å². The number of pyridine rings is 1. The molecule has 1 spiro atoms. The number of amides is 1. The number of anilines is 2. The quantitative estimate of drug-likeness (QED) is 0.779. The fourth-order valence-corrected chi connectivity index (χ4v) is 3.19. The molecule has 108 valence electrons. The molecular formula is C16H17N3O2. The van der Waals surface area contributed by atoms with E-state index in [0.717, 1.165) is 35.1 Å². The molecule has 2 aliphatic rings. The Balaban J connectivity index is 1.79. The summed E-state index contributed by atoms with van der Waals surface area (Å²) in [6.45, 7) is 1.93. The van der Waals surface area contributed by atoms with Crippen LogP contribution in [0.5, 0.6) is 0 Å². The lowest BCUT2D eigenvalue weighted by Gasteiger charge is -2.34. The van der Waals surface area contributed by atoms with E-state index in [4.69, 9.17) is 4.74 Å². The van der Waals surface area contributed by atoms with Gasteiger partial charge in [0.1, 0.15) is 0 Å². The third-order valence-corrected chi connectivity index (χ3v) is 4.56. The van der Waals surface area contributed by atoms with Crippen molar-refractivity contribution in [3.05, 3.63) is 30.5 Å². The molecule has 0 atom stereocenters. The zero-order valence-electron chi connectivity index (χ0n) is 11.7. The molecule has 0 radical (unpaired) electrons. The van der Waals surface area contributed by atoms with Crippen molar-refractivity contribution >= 4 is 28.2 Å². The second-order valence-corrected chi connectivity index (χ2v) is 5.76. The second kappa shape index (κ2) is 4.70. The topological polar surface area (TPSA) is 63.2 Å². The van der Waals surface area contributed by atoms with Crippen molar-refractivity contribution in [2.45, 2.75) is 12.8 Å². The summed E-state index contributed by atoms with van der Waals surface area (Å²) in [6.07, 6.45) is 3.25. The van der Waals surface area contributed by atoms with E-state index < -0.39 is 0 Å². The van der Waals surface area contributed by atoms with Gasteiger partial charge in [0.25, 0.3) is 0 Å². The lowest BCUT2D eigenvalue weighted by Crippen LogP contribution is -2.44. The molecule has 1 amide bonds. The van der Waals surface area contributed by atoms with Crippen molar-refractivity contribution in [3.63, 3.8) is 0 Å². The van der Waals surface area contributed by atoms with Gasteiger partial charge in [0.05, 0.1) is 28.5 Å². The zero-order chi connectivity index (χ0) is 14.3. The number of fused-ring (bicyclic) bond motifs is 3. The minimum Gasteiger partial charge on any atom is -0.382 e. The van der Waals surface area contributed by atoms with Crippen LogP contribution in [0.4, 0.5) is 11.4 Å². The van der Waals surface area contributed by atoms with Gasteiger partial charge in [-0.25, -0.2) is 0 Å². The molecule has 2 N–H and O–H groups in total. The van der Waals surface area contributed by atoms with E-state index in [1.54, 1.807) is 6.20 Å². The summed E-state index contributed by atoms with van der Waals surface area (Å²) >= 11 is 0. The monoisotopic (exact) mass is 283 g/mol. The highest BCUT2D eigenvalue weighted by Gasteiger charge is 2.42. The van der Waals surface area contributed by atoms with Crippen molar-refractivity contribution in [1.29, 1.82) is 0 Å². The van der Waals surface area contributed by atoms with Crippen molar-refractivity contribution < 1.29 is 9.53 Å². The predicted octanol–water partition coefficient (Wildman–Crippen LogP) is 2.40. The minimum atomic E-state index is -0.377. The summed E-state index contributed by atoms with van der Waals surface area (Å²) in [5.41, 5.74) is 2.29. The molecule has 1 fully saturated rings. The highest BCUT2D eigenvalue weighted by atomic mass is 16.5. The van der Waals surface area contributed by atoms with Gasteiger partial charge in [-0.2, -0.15) is 0 Å². The Kier molecular flexibility index (Phi) is 2.82. The second-order valence-electron chi connectivity index (χ2n) is 5.76. The fourth-order valence-electron chi connectivity index (χ4n) is 3.19. The summed E-state index contributed by atoms with van der Waals surface area (Å²) in [4.78, 5) is 17.1.